The first-order valence-corrected chi connectivity index (χ1v) is 5.49. The van der Waals surface area contributed by atoms with Crippen LogP contribution < -0.4 is 11.1 Å². The smallest absolute Gasteiger partial charge is 0.142 e. The summed E-state index contributed by atoms with van der Waals surface area (Å²) in [5.74, 6) is -1.11. The maximum absolute atomic E-state index is 13.4. The van der Waals surface area contributed by atoms with Gasteiger partial charge in [-0.05, 0) is 32.0 Å². The van der Waals surface area contributed by atoms with Crippen LogP contribution in [0, 0.1) is 11.6 Å². The van der Waals surface area contributed by atoms with Gasteiger partial charge in [0, 0.05) is 18.2 Å². The molecule has 90 valence electrons. The molecule has 0 aromatic heterocycles. The van der Waals surface area contributed by atoms with Crippen molar-refractivity contribution in [3.05, 3.63) is 34.4 Å². The minimum atomic E-state index is -0.605. The molecule has 0 aliphatic heterocycles. The Labute approximate surface area is 98.8 Å². The summed E-state index contributed by atoms with van der Waals surface area (Å²) < 4.78 is 26.4. The van der Waals surface area contributed by atoms with Crippen molar-refractivity contribution >= 4 is 11.6 Å². The number of hydrogen-bond donors (Lipinski definition) is 2. The highest BCUT2D eigenvalue weighted by Gasteiger charge is 2.09. The lowest BCUT2D eigenvalue weighted by Gasteiger charge is -2.13. The van der Waals surface area contributed by atoms with E-state index in [1.54, 1.807) is 0 Å². The second kappa shape index (κ2) is 6.13. The van der Waals surface area contributed by atoms with Crippen LogP contribution in [0.25, 0.3) is 0 Å². The van der Waals surface area contributed by atoms with Crippen molar-refractivity contribution in [3.8, 4) is 0 Å². The van der Waals surface area contributed by atoms with Crippen LogP contribution in [0.5, 0.6) is 0 Å². The summed E-state index contributed by atoms with van der Waals surface area (Å²) in [6, 6.07) is 2.27. The Hall–Kier alpha value is -0.710. The van der Waals surface area contributed by atoms with Crippen LogP contribution in [-0.4, -0.2) is 12.6 Å². The van der Waals surface area contributed by atoms with E-state index in [1.807, 2.05) is 6.92 Å². The van der Waals surface area contributed by atoms with E-state index in [-0.39, 0.29) is 23.2 Å². The van der Waals surface area contributed by atoms with E-state index >= 15 is 0 Å². The summed E-state index contributed by atoms with van der Waals surface area (Å²) in [5, 5.41) is 2.86. The summed E-state index contributed by atoms with van der Waals surface area (Å²) in [4.78, 5) is 0. The van der Waals surface area contributed by atoms with Gasteiger partial charge in [0.15, 0.2) is 0 Å². The van der Waals surface area contributed by atoms with Gasteiger partial charge < -0.3 is 11.1 Å². The summed E-state index contributed by atoms with van der Waals surface area (Å²) in [6.07, 6.45) is 0.789. The van der Waals surface area contributed by atoms with Crippen molar-refractivity contribution in [3.63, 3.8) is 0 Å². The maximum atomic E-state index is 13.4. The summed E-state index contributed by atoms with van der Waals surface area (Å²) >= 11 is 5.45. The van der Waals surface area contributed by atoms with Gasteiger partial charge in [-0.25, -0.2) is 8.78 Å². The number of benzene rings is 1. The van der Waals surface area contributed by atoms with Crippen LogP contribution >= 0.6 is 11.6 Å². The predicted molar refractivity (Wildman–Crippen MR) is 61.3 cm³/mol. The van der Waals surface area contributed by atoms with E-state index in [0.717, 1.165) is 18.6 Å². The molecule has 0 amide bonds. The lowest BCUT2D eigenvalue weighted by molar-refractivity contribution is 0.502. The molecule has 0 radical (unpaired) electrons. The molecule has 1 unspecified atom stereocenters. The Kier molecular flexibility index (Phi) is 5.12. The van der Waals surface area contributed by atoms with Crippen molar-refractivity contribution in [1.82, 2.24) is 5.32 Å². The second-order valence-corrected chi connectivity index (χ2v) is 4.12. The van der Waals surface area contributed by atoms with Crippen molar-refractivity contribution in [2.75, 3.05) is 6.54 Å². The Morgan fingerprint density at radius 1 is 1.38 bits per heavy atom. The highest BCUT2D eigenvalue weighted by atomic mass is 35.5. The van der Waals surface area contributed by atoms with Gasteiger partial charge in [0.1, 0.15) is 11.6 Å². The normalized spacial score (nSPS) is 12.8. The number of hydrogen-bond acceptors (Lipinski definition) is 2. The van der Waals surface area contributed by atoms with Crippen molar-refractivity contribution in [1.29, 1.82) is 0 Å². The average Bonchev–Trinajstić information content (AvgIpc) is 2.22. The fourth-order valence-electron chi connectivity index (χ4n) is 1.34. The molecule has 1 atom stereocenters. The summed E-state index contributed by atoms with van der Waals surface area (Å²) in [7, 11) is 0. The fourth-order valence-corrected chi connectivity index (χ4v) is 1.49. The number of halogens is 3. The van der Waals surface area contributed by atoms with Gasteiger partial charge in [0.25, 0.3) is 0 Å². The maximum Gasteiger partial charge on any atom is 0.142 e. The highest BCUT2D eigenvalue weighted by Crippen LogP contribution is 2.19. The Morgan fingerprint density at radius 3 is 2.69 bits per heavy atom. The molecule has 0 spiro atoms. The van der Waals surface area contributed by atoms with Crippen LogP contribution in [0.4, 0.5) is 8.78 Å². The van der Waals surface area contributed by atoms with E-state index in [9.17, 15) is 8.78 Å². The molecule has 2 nitrogen and oxygen atoms in total. The third kappa shape index (κ3) is 3.70. The van der Waals surface area contributed by atoms with E-state index in [0.29, 0.717) is 6.54 Å². The summed E-state index contributed by atoms with van der Waals surface area (Å²) in [5.41, 5.74) is 5.65. The topological polar surface area (TPSA) is 38.0 Å². The first kappa shape index (κ1) is 13.4. The van der Waals surface area contributed by atoms with Gasteiger partial charge in [-0.3, -0.25) is 0 Å². The minimum absolute atomic E-state index is 0.170. The molecule has 0 saturated carbocycles. The molecule has 1 aromatic carbocycles. The molecule has 0 bridgehead atoms. The van der Waals surface area contributed by atoms with Gasteiger partial charge in [-0.1, -0.05) is 11.6 Å². The lowest BCUT2D eigenvalue weighted by atomic mass is 10.1. The molecular formula is C11H15ClF2N2. The van der Waals surface area contributed by atoms with E-state index < -0.39 is 11.6 Å². The highest BCUT2D eigenvalue weighted by molar-refractivity contribution is 6.30. The SMILES string of the molecule is CC(CCN)NCc1cc(F)c(Cl)cc1F. The number of nitrogens with two attached hydrogens (primary N) is 1. The molecule has 0 aliphatic rings. The predicted octanol–water partition coefficient (Wildman–Crippen LogP) is 2.45. The quantitative estimate of drug-likeness (QED) is 0.786. The average molecular weight is 249 g/mol. The molecule has 0 aliphatic carbocycles. The van der Waals surface area contributed by atoms with Crippen LogP contribution in [-0.2, 0) is 6.54 Å². The zero-order valence-corrected chi connectivity index (χ0v) is 9.82. The first-order valence-electron chi connectivity index (χ1n) is 5.11. The largest absolute Gasteiger partial charge is 0.330 e. The lowest BCUT2D eigenvalue weighted by Crippen LogP contribution is -2.28. The molecule has 0 heterocycles. The van der Waals surface area contributed by atoms with Crippen molar-refractivity contribution in [2.45, 2.75) is 25.9 Å². The molecule has 0 fully saturated rings. The van der Waals surface area contributed by atoms with Gasteiger partial charge in [0.2, 0.25) is 0 Å². The third-order valence-corrected chi connectivity index (χ3v) is 2.62. The molecular weight excluding hydrogens is 234 g/mol. The van der Waals surface area contributed by atoms with E-state index in [2.05, 4.69) is 5.32 Å². The first-order chi connectivity index (χ1) is 7.54. The molecule has 16 heavy (non-hydrogen) atoms. The van der Waals surface area contributed by atoms with Gasteiger partial charge in [-0.2, -0.15) is 0 Å². The zero-order valence-electron chi connectivity index (χ0n) is 9.06. The number of nitrogens with one attached hydrogen (secondary N) is 1. The summed E-state index contributed by atoms with van der Waals surface area (Å²) in [6.45, 7) is 2.77. The van der Waals surface area contributed by atoms with Crippen molar-refractivity contribution < 1.29 is 8.78 Å². The molecule has 3 N–H and O–H groups in total. The zero-order chi connectivity index (χ0) is 12.1. The van der Waals surface area contributed by atoms with Crippen LogP contribution in [0.3, 0.4) is 0 Å². The molecule has 5 heteroatoms. The van der Waals surface area contributed by atoms with E-state index in [1.165, 1.54) is 0 Å². The Balaban J connectivity index is 2.63. The van der Waals surface area contributed by atoms with E-state index in [4.69, 9.17) is 17.3 Å². The molecule has 1 aromatic rings. The number of rotatable bonds is 5. The fraction of sp³-hybridized carbons (Fsp3) is 0.455. The monoisotopic (exact) mass is 248 g/mol. The van der Waals surface area contributed by atoms with Gasteiger partial charge in [0.05, 0.1) is 5.02 Å². The second-order valence-electron chi connectivity index (χ2n) is 3.72. The molecule has 0 saturated heterocycles. The van der Waals surface area contributed by atoms with Crippen LogP contribution in [0.2, 0.25) is 5.02 Å². The van der Waals surface area contributed by atoms with Gasteiger partial charge >= 0.3 is 0 Å². The van der Waals surface area contributed by atoms with Crippen LogP contribution in [0.1, 0.15) is 18.9 Å². The van der Waals surface area contributed by atoms with Gasteiger partial charge in [-0.15, -0.1) is 0 Å². The Morgan fingerprint density at radius 2 is 2.06 bits per heavy atom. The molecule has 1 rings (SSSR count). The minimum Gasteiger partial charge on any atom is -0.330 e. The Bertz CT molecular complexity index is 358. The standard InChI is InChI=1S/C11H15ClF2N2/c1-7(2-3-15)16-6-8-4-11(14)9(12)5-10(8)13/h4-5,7,16H,2-3,6,15H2,1H3. The van der Waals surface area contributed by atoms with Crippen LogP contribution in [0.15, 0.2) is 12.1 Å². The third-order valence-electron chi connectivity index (χ3n) is 2.33. The van der Waals surface area contributed by atoms with Crippen molar-refractivity contribution in [2.24, 2.45) is 5.73 Å².